The van der Waals surface area contributed by atoms with E-state index in [0.717, 1.165) is 36.5 Å². The molecule has 0 aliphatic carbocycles. The van der Waals surface area contributed by atoms with Gasteiger partial charge in [-0.3, -0.25) is 4.68 Å². The summed E-state index contributed by atoms with van der Waals surface area (Å²) in [6, 6.07) is 2.06. The lowest BCUT2D eigenvalue weighted by Gasteiger charge is -2.13. The Kier molecular flexibility index (Phi) is 4.12. The minimum atomic E-state index is 0.0699. The summed E-state index contributed by atoms with van der Waals surface area (Å²) in [7, 11) is 0. The van der Waals surface area contributed by atoms with Gasteiger partial charge in [0.25, 0.3) is 0 Å². The first-order chi connectivity index (χ1) is 10.1. The number of nitrogens with zero attached hydrogens (tertiary/aromatic N) is 3. The molecule has 0 saturated carbocycles. The van der Waals surface area contributed by atoms with Crippen molar-refractivity contribution < 1.29 is 9.47 Å². The van der Waals surface area contributed by atoms with Crippen molar-refractivity contribution in [3.8, 4) is 16.9 Å². The van der Waals surface area contributed by atoms with Crippen LogP contribution >= 0.6 is 11.6 Å². The van der Waals surface area contributed by atoms with Crippen LogP contribution in [-0.4, -0.2) is 34.1 Å². The zero-order chi connectivity index (χ0) is 14.8. The molecule has 0 radical (unpaired) electrons. The molecule has 5 nitrogen and oxygen atoms in total. The van der Waals surface area contributed by atoms with Gasteiger partial charge in [-0.15, -0.1) is 0 Å². The van der Waals surface area contributed by atoms with Crippen LogP contribution in [0, 0.1) is 0 Å². The molecular weight excluding hydrogens is 290 g/mol. The highest BCUT2D eigenvalue weighted by molar-refractivity contribution is 6.29. The molecule has 2 aromatic heterocycles. The van der Waals surface area contributed by atoms with E-state index in [9.17, 15) is 0 Å². The van der Waals surface area contributed by atoms with Crippen LogP contribution < -0.4 is 4.74 Å². The van der Waals surface area contributed by atoms with E-state index >= 15 is 0 Å². The van der Waals surface area contributed by atoms with E-state index in [1.165, 1.54) is 0 Å². The molecule has 21 heavy (non-hydrogen) atoms. The Morgan fingerprint density at radius 1 is 1.43 bits per heavy atom. The van der Waals surface area contributed by atoms with Gasteiger partial charge < -0.3 is 9.47 Å². The van der Waals surface area contributed by atoms with Crippen LogP contribution in [0.2, 0.25) is 5.15 Å². The molecule has 112 valence electrons. The van der Waals surface area contributed by atoms with Crippen LogP contribution in [0.5, 0.6) is 5.75 Å². The van der Waals surface area contributed by atoms with E-state index in [4.69, 9.17) is 21.1 Å². The number of pyridine rings is 1. The molecule has 0 N–H and O–H groups in total. The summed E-state index contributed by atoms with van der Waals surface area (Å²) in [6.07, 6.45) is 6.64. The number of hydrogen-bond acceptors (Lipinski definition) is 4. The minimum Gasteiger partial charge on any atom is -0.490 e. The normalized spacial score (nSPS) is 18.4. The zero-order valence-electron chi connectivity index (χ0n) is 12.1. The van der Waals surface area contributed by atoms with E-state index in [1.807, 2.05) is 30.9 Å². The van der Waals surface area contributed by atoms with Crippen molar-refractivity contribution in [1.82, 2.24) is 14.8 Å². The lowest BCUT2D eigenvalue weighted by molar-refractivity contribution is 0.184. The van der Waals surface area contributed by atoms with E-state index in [2.05, 4.69) is 10.1 Å². The molecule has 1 saturated heterocycles. The first-order valence-electron chi connectivity index (χ1n) is 7.08. The molecule has 3 heterocycles. The molecule has 3 rings (SSSR count). The minimum absolute atomic E-state index is 0.0699. The van der Waals surface area contributed by atoms with Gasteiger partial charge in [0.2, 0.25) is 0 Å². The van der Waals surface area contributed by atoms with Crippen LogP contribution in [0.25, 0.3) is 11.1 Å². The maximum Gasteiger partial charge on any atom is 0.132 e. The topological polar surface area (TPSA) is 49.2 Å². The molecule has 2 aromatic rings. The summed E-state index contributed by atoms with van der Waals surface area (Å²) in [4.78, 5) is 4.15. The number of hydrogen-bond donors (Lipinski definition) is 0. The average molecular weight is 308 g/mol. The van der Waals surface area contributed by atoms with Gasteiger partial charge in [0, 0.05) is 36.2 Å². The van der Waals surface area contributed by atoms with E-state index in [1.54, 1.807) is 12.3 Å². The molecule has 0 bridgehead atoms. The van der Waals surface area contributed by atoms with Crippen molar-refractivity contribution in [3.05, 3.63) is 29.8 Å². The number of halogens is 1. The predicted molar refractivity (Wildman–Crippen MR) is 80.7 cm³/mol. The maximum atomic E-state index is 5.97. The standard InChI is InChI=1S/C15H18ClN3O2/c1-10(2)21-14-5-15(16)17-7-13(14)11-6-18-19(8-11)12-3-4-20-9-12/h5-8,10,12H,3-4,9H2,1-2H3. The number of rotatable bonds is 4. The SMILES string of the molecule is CC(C)Oc1cc(Cl)ncc1-c1cnn(C2CCOC2)c1. The van der Waals surface area contributed by atoms with Gasteiger partial charge >= 0.3 is 0 Å². The van der Waals surface area contributed by atoms with Crippen molar-refractivity contribution in [2.45, 2.75) is 32.4 Å². The van der Waals surface area contributed by atoms with Crippen LogP contribution in [0.3, 0.4) is 0 Å². The summed E-state index contributed by atoms with van der Waals surface area (Å²) in [5.74, 6) is 0.729. The van der Waals surface area contributed by atoms with Crippen LogP contribution in [0.15, 0.2) is 24.7 Å². The first kappa shape index (κ1) is 14.4. The third kappa shape index (κ3) is 3.19. The molecule has 0 amide bonds. The Labute approximate surface area is 128 Å². The summed E-state index contributed by atoms with van der Waals surface area (Å²) >= 11 is 5.97. The third-order valence-electron chi connectivity index (χ3n) is 3.39. The lowest BCUT2D eigenvalue weighted by atomic mass is 10.1. The highest BCUT2D eigenvalue weighted by atomic mass is 35.5. The highest BCUT2D eigenvalue weighted by Crippen LogP contribution is 2.32. The van der Waals surface area contributed by atoms with Gasteiger partial charge in [-0.2, -0.15) is 5.10 Å². The first-order valence-corrected chi connectivity index (χ1v) is 7.46. The second-order valence-corrected chi connectivity index (χ2v) is 5.78. The summed E-state index contributed by atoms with van der Waals surface area (Å²) in [5, 5.41) is 4.86. The van der Waals surface area contributed by atoms with Crippen LogP contribution in [0.4, 0.5) is 0 Å². The van der Waals surface area contributed by atoms with Gasteiger partial charge in [0.15, 0.2) is 0 Å². The van der Waals surface area contributed by atoms with E-state index in [-0.39, 0.29) is 6.10 Å². The Bertz CT molecular complexity index is 621. The van der Waals surface area contributed by atoms with Gasteiger partial charge in [-0.05, 0) is 20.3 Å². The summed E-state index contributed by atoms with van der Waals surface area (Å²) in [6.45, 7) is 5.48. The van der Waals surface area contributed by atoms with Gasteiger partial charge in [-0.1, -0.05) is 11.6 Å². The quantitative estimate of drug-likeness (QED) is 0.813. The fourth-order valence-corrected chi connectivity index (χ4v) is 2.54. The number of aromatic nitrogens is 3. The molecule has 1 fully saturated rings. The summed E-state index contributed by atoms with van der Waals surface area (Å²) in [5.41, 5.74) is 1.87. The molecule has 1 aliphatic rings. The fraction of sp³-hybridized carbons (Fsp3) is 0.467. The Balaban J connectivity index is 1.92. The molecule has 1 unspecified atom stereocenters. The number of ether oxygens (including phenoxy) is 2. The fourth-order valence-electron chi connectivity index (χ4n) is 2.39. The van der Waals surface area contributed by atoms with Crippen molar-refractivity contribution in [3.63, 3.8) is 0 Å². The molecule has 1 aliphatic heterocycles. The second kappa shape index (κ2) is 6.03. The Hall–Kier alpha value is -1.59. The Morgan fingerprint density at radius 3 is 3.00 bits per heavy atom. The second-order valence-electron chi connectivity index (χ2n) is 5.40. The van der Waals surface area contributed by atoms with E-state index < -0.39 is 0 Å². The van der Waals surface area contributed by atoms with Crippen molar-refractivity contribution in [2.24, 2.45) is 0 Å². The van der Waals surface area contributed by atoms with Crippen molar-refractivity contribution in [2.75, 3.05) is 13.2 Å². The molecule has 0 aromatic carbocycles. The third-order valence-corrected chi connectivity index (χ3v) is 3.59. The van der Waals surface area contributed by atoms with Gasteiger partial charge in [0.1, 0.15) is 10.9 Å². The van der Waals surface area contributed by atoms with Crippen molar-refractivity contribution >= 4 is 11.6 Å². The van der Waals surface area contributed by atoms with Crippen LogP contribution in [0.1, 0.15) is 26.3 Å². The predicted octanol–water partition coefficient (Wildman–Crippen LogP) is 3.35. The maximum absolute atomic E-state index is 5.97. The van der Waals surface area contributed by atoms with Crippen molar-refractivity contribution in [1.29, 1.82) is 0 Å². The molecule has 1 atom stereocenters. The zero-order valence-corrected chi connectivity index (χ0v) is 12.9. The van der Waals surface area contributed by atoms with E-state index in [0.29, 0.717) is 11.2 Å². The average Bonchev–Trinajstić information content (AvgIpc) is 3.09. The summed E-state index contributed by atoms with van der Waals surface area (Å²) < 4.78 is 13.2. The largest absolute Gasteiger partial charge is 0.490 e. The monoisotopic (exact) mass is 307 g/mol. The lowest BCUT2D eigenvalue weighted by Crippen LogP contribution is -2.08. The van der Waals surface area contributed by atoms with Crippen LogP contribution in [-0.2, 0) is 4.74 Å². The molecular formula is C15H18ClN3O2. The van der Waals surface area contributed by atoms with Gasteiger partial charge in [0.05, 0.1) is 24.9 Å². The molecule has 6 heteroatoms. The smallest absolute Gasteiger partial charge is 0.132 e. The van der Waals surface area contributed by atoms with Gasteiger partial charge in [-0.25, -0.2) is 4.98 Å². The Morgan fingerprint density at radius 2 is 2.29 bits per heavy atom. The highest BCUT2D eigenvalue weighted by Gasteiger charge is 2.19. The molecule has 0 spiro atoms.